The first-order chi connectivity index (χ1) is 13.6. The van der Waals surface area contributed by atoms with E-state index >= 15 is 0 Å². The fraction of sp³-hybridized carbons (Fsp3) is 0.400. The van der Waals surface area contributed by atoms with E-state index in [0.717, 1.165) is 38.5 Å². The van der Waals surface area contributed by atoms with Gasteiger partial charge in [-0.25, -0.2) is 0 Å². The third-order valence-electron chi connectivity index (χ3n) is 4.31. The Bertz CT molecular complexity index is 740. The third kappa shape index (κ3) is 7.21. The summed E-state index contributed by atoms with van der Waals surface area (Å²) >= 11 is 0. The second-order valence-corrected chi connectivity index (χ2v) is 6.45. The van der Waals surface area contributed by atoms with Gasteiger partial charge in [-0.05, 0) is 25.0 Å². The lowest BCUT2D eigenvalue weighted by atomic mass is 9.79. The first-order valence-electron chi connectivity index (χ1n) is 9.53. The van der Waals surface area contributed by atoms with Crippen LogP contribution in [0.1, 0.15) is 38.5 Å². The molecule has 2 aromatic carbocycles. The van der Waals surface area contributed by atoms with Gasteiger partial charge in [0.2, 0.25) is 0 Å². The van der Waals surface area contributed by atoms with Crippen LogP contribution in [0, 0.1) is 10.1 Å². The highest BCUT2D eigenvalue weighted by atomic mass is 16.6. The number of benzene rings is 2. The van der Waals surface area contributed by atoms with Crippen molar-refractivity contribution in [2.45, 2.75) is 38.5 Å². The van der Waals surface area contributed by atoms with Crippen LogP contribution in [0.2, 0.25) is 0 Å². The van der Waals surface area contributed by atoms with Gasteiger partial charge in [0.05, 0.1) is 18.1 Å². The maximum absolute atomic E-state index is 10.9. The van der Waals surface area contributed by atoms with Gasteiger partial charge in [0.25, 0.3) is 0 Å². The molecule has 0 saturated carbocycles. The number of hydrogen-bond donors (Lipinski definition) is 2. The number of rotatable bonds is 13. The molecule has 2 N–H and O–H groups in total. The van der Waals surface area contributed by atoms with E-state index in [0.29, 0.717) is 30.2 Å². The lowest BCUT2D eigenvalue weighted by Crippen LogP contribution is -2.31. The Morgan fingerprint density at radius 1 is 0.786 bits per heavy atom. The van der Waals surface area contributed by atoms with Crippen LogP contribution in [0.5, 0.6) is 11.5 Å². The zero-order chi connectivity index (χ0) is 20.2. The highest BCUT2D eigenvalue weighted by molar-refractivity contribution is 6.59. The Morgan fingerprint density at radius 2 is 1.29 bits per heavy atom. The molecule has 0 heterocycles. The summed E-state index contributed by atoms with van der Waals surface area (Å²) in [7, 11) is -1.53. The molecular weight excluding hydrogens is 361 g/mol. The highest BCUT2D eigenvalue weighted by Crippen LogP contribution is 2.26. The van der Waals surface area contributed by atoms with E-state index in [-0.39, 0.29) is 5.69 Å². The molecular formula is C20H26BNO6. The van der Waals surface area contributed by atoms with Crippen molar-refractivity contribution < 1.29 is 24.4 Å². The molecule has 0 aliphatic heterocycles. The average molecular weight is 387 g/mol. The lowest BCUT2D eigenvalue weighted by molar-refractivity contribution is -0.385. The Hall–Kier alpha value is -2.58. The number of nitro benzene ring substituents is 1. The summed E-state index contributed by atoms with van der Waals surface area (Å²) in [5, 5.41) is 29.5. The zero-order valence-electron chi connectivity index (χ0n) is 15.8. The molecule has 150 valence electrons. The van der Waals surface area contributed by atoms with Crippen molar-refractivity contribution in [3.63, 3.8) is 0 Å². The quantitative estimate of drug-likeness (QED) is 0.237. The summed E-state index contributed by atoms with van der Waals surface area (Å²) in [6.07, 6.45) is 5.90. The van der Waals surface area contributed by atoms with Crippen molar-refractivity contribution in [2.75, 3.05) is 13.2 Å². The van der Waals surface area contributed by atoms with E-state index in [2.05, 4.69) is 0 Å². The molecule has 0 saturated heterocycles. The van der Waals surface area contributed by atoms with Crippen LogP contribution < -0.4 is 14.9 Å². The molecule has 0 bridgehead atoms. The maximum Gasteiger partial charge on any atom is 0.492 e. The molecule has 28 heavy (non-hydrogen) atoms. The predicted octanol–water partition coefficient (Wildman–Crippen LogP) is 3.07. The summed E-state index contributed by atoms with van der Waals surface area (Å²) in [6.45, 7) is 0.999. The van der Waals surface area contributed by atoms with E-state index in [4.69, 9.17) is 9.47 Å². The van der Waals surface area contributed by atoms with Gasteiger partial charge in [0.15, 0.2) is 5.75 Å². The standard InChI is InChI=1S/C20H26BNO6/c23-21(24)17-11-5-7-13-19(17)27-15-9-3-1-2-4-10-16-28-20-14-8-6-12-18(20)22(25)26/h5-8,11-14,23-24H,1-4,9-10,15-16H2. The number of unbranched alkanes of at least 4 members (excludes halogenated alkanes) is 5. The molecule has 0 aromatic heterocycles. The number of hydrogen-bond acceptors (Lipinski definition) is 6. The van der Waals surface area contributed by atoms with Crippen LogP contribution in [0.25, 0.3) is 0 Å². The van der Waals surface area contributed by atoms with Gasteiger partial charge >= 0.3 is 12.8 Å². The van der Waals surface area contributed by atoms with Gasteiger partial charge in [-0.1, -0.05) is 56.0 Å². The van der Waals surface area contributed by atoms with Gasteiger partial charge in [0.1, 0.15) is 5.75 Å². The minimum absolute atomic E-state index is 0.00205. The first kappa shape index (κ1) is 21.7. The van der Waals surface area contributed by atoms with Crippen molar-refractivity contribution in [1.29, 1.82) is 0 Å². The van der Waals surface area contributed by atoms with Gasteiger partial charge in [-0.2, -0.15) is 0 Å². The maximum atomic E-state index is 10.9. The smallest absolute Gasteiger partial charge is 0.492 e. The Labute approximate surface area is 165 Å². The summed E-state index contributed by atoms with van der Waals surface area (Å²) in [5.74, 6) is 0.822. The molecule has 0 aliphatic carbocycles. The summed E-state index contributed by atoms with van der Waals surface area (Å²) in [6, 6.07) is 13.3. The molecule has 0 atom stereocenters. The van der Waals surface area contributed by atoms with Gasteiger partial charge < -0.3 is 19.5 Å². The van der Waals surface area contributed by atoms with Crippen LogP contribution >= 0.6 is 0 Å². The molecule has 2 aromatic rings. The average Bonchev–Trinajstić information content (AvgIpc) is 2.69. The molecule has 0 spiro atoms. The highest BCUT2D eigenvalue weighted by Gasteiger charge is 2.16. The SMILES string of the molecule is O=[N+]([O-])c1ccccc1OCCCCCCCCOc1ccccc1B(O)O. The topological polar surface area (TPSA) is 102 Å². The number of nitrogens with zero attached hydrogens (tertiary/aromatic N) is 1. The van der Waals surface area contributed by atoms with Crippen LogP contribution in [0.3, 0.4) is 0 Å². The van der Waals surface area contributed by atoms with E-state index in [9.17, 15) is 20.2 Å². The normalized spacial score (nSPS) is 10.5. The summed E-state index contributed by atoms with van der Waals surface area (Å²) in [5.41, 5.74) is 0.374. The molecule has 8 heteroatoms. The minimum atomic E-state index is -1.53. The molecule has 7 nitrogen and oxygen atoms in total. The Balaban J connectivity index is 1.52. The van der Waals surface area contributed by atoms with E-state index < -0.39 is 12.0 Å². The van der Waals surface area contributed by atoms with Crippen molar-refractivity contribution in [3.05, 3.63) is 58.6 Å². The van der Waals surface area contributed by atoms with Crippen LogP contribution in [0.15, 0.2) is 48.5 Å². The third-order valence-corrected chi connectivity index (χ3v) is 4.31. The van der Waals surface area contributed by atoms with Crippen LogP contribution in [-0.2, 0) is 0 Å². The summed E-state index contributed by atoms with van der Waals surface area (Å²) in [4.78, 5) is 10.5. The Kier molecular flexibility index (Phi) is 9.31. The largest absolute Gasteiger partial charge is 0.494 e. The fourth-order valence-corrected chi connectivity index (χ4v) is 2.83. The number of nitro groups is 1. The zero-order valence-corrected chi connectivity index (χ0v) is 15.8. The van der Waals surface area contributed by atoms with Gasteiger partial charge in [0, 0.05) is 11.5 Å². The molecule has 0 unspecified atom stereocenters. The number of ether oxygens (including phenoxy) is 2. The number of para-hydroxylation sites is 3. The second kappa shape index (κ2) is 12.0. The second-order valence-electron chi connectivity index (χ2n) is 6.45. The lowest BCUT2D eigenvalue weighted by Gasteiger charge is -2.10. The van der Waals surface area contributed by atoms with E-state index in [1.807, 2.05) is 0 Å². The van der Waals surface area contributed by atoms with Crippen molar-refractivity contribution in [1.82, 2.24) is 0 Å². The molecule has 0 amide bonds. The molecule has 0 radical (unpaired) electrons. The van der Waals surface area contributed by atoms with Crippen LogP contribution in [0.4, 0.5) is 5.69 Å². The van der Waals surface area contributed by atoms with Crippen molar-refractivity contribution in [2.24, 2.45) is 0 Å². The molecule has 0 fully saturated rings. The van der Waals surface area contributed by atoms with E-state index in [1.165, 1.54) is 6.07 Å². The fourth-order valence-electron chi connectivity index (χ4n) is 2.83. The molecule has 2 rings (SSSR count). The van der Waals surface area contributed by atoms with Crippen molar-refractivity contribution in [3.8, 4) is 11.5 Å². The predicted molar refractivity (Wildman–Crippen MR) is 108 cm³/mol. The summed E-state index contributed by atoms with van der Waals surface area (Å²) < 4.78 is 11.1. The monoisotopic (exact) mass is 387 g/mol. The van der Waals surface area contributed by atoms with E-state index in [1.54, 1.807) is 42.5 Å². The molecule has 0 aliphatic rings. The van der Waals surface area contributed by atoms with Gasteiger partial charge in [-0.15, -0.1) is 0 Å². The Morgan fingerprint density at radius 3 is 1.89 bits per heavy atom. The van der Waals surface area contributed by atoms with Crippen LogP contribution in [-0.4, -0.2) is 35.3 Å². The van der Waals surface area contributed by atoms with Gasteiger partial charge in [-0.3, -0.25) is 10.1 Å². The van der Waals surface area contributed by atoms with Crippen molar-refractivity contribution >= 4 is 18.3 Å². The minimum Gasteiger partial charge on any atom is -0.494 e. The first-order valence-corrected chi connectivity index (χ1v) is 9.53.